The molecule has 1 amide bonds. The topological polar surface area (TPSA) is 97.0 Å². The van der Waals surface area contributed by atoms with E-state index in [1.165, 1.54) is 28.9 Å². The molecule has 0 spiro atoms. The van der Waals surface area contributed by atoms with E-state index in [0.717, 1.165) is 12.8 Å². The van der Waals surface area contributed by atoms with Gasteiger partial charge in [-0.05, 0) is 56.9 Å². The second-order valence-electron chi connectivity index (χ2n) is 6.85. The Morgan fingerprint density at radius 3 is 2.64 bits per heavy atom. The van der Waals surface area contributed by atoms with Crippen LogP contribution in [-0.2, 0) is 9.53 Å². The number of nitrogens with one attached hydrogen (secondary N) is 1. The van der Waals surface area contributed by atoms with Gasteiger partial charge in [0.2, 0.25) is 0 Å². The van der Waals surface area contributed by atoms with Crippen LogP contribution in [0.5, 0.6) is 0 Å². The third-order valence-corrected chi connectivity index (χ3v) is 4.99. The number of halogens is 2. The zero-order valence-corrected chi connectivity index (χ0v) is 16.1. The molecular formula is C19H18ClFN4O3. The summed E-state index contributed by atoms with van der Waals surface area (Å²) in [6.07, 6.45) is 1.75. The van der Waals surface area contributed by atoms with Gasteiger partial charge >= 0.3 is 5.97 Å². The Hall–Kier alpha value is -2.92. The molecule has 1 atom stereocenters. The second-order valence-corrected chi connectivity index (χ2v) is 7.21. The number of esters is 1. The lowest BCUT2D eigenvalue weighted by molar-refractivity contribution is -0.125. The summed E-state index contributed by atoms with van der Waals surface area (Å²) < 4.78 is 19.4. The highest BCUT2D eigenvalue weighted by atomic mass is 35.5. The Labute approximate surface area is 166 Å². The van der Waals surface area contributed by atoms with Gasteiger partial charge in [-0.2, -0.15) is 10.4 Å². The Kier molecular flexibility index (Phi) is 5.38. The molecule has 0 saturated heterocycles. The highest BCUT2D eigenvalue weighted by Gasteiger charge is 2.43. The number of hydrogen-bond acceptors (Lipinski definition) is 5. The molecule has 0 bridgehead atoms. The van der Waals surface area contributed by atoms with Crippen LogP contribution in [0.2, 0.25) is 5.15 Å². The summed E-state index contributed by atoms with van der Waals surface area (Å²) in [5.74, 6) is -1.67. The van der Waals surface area contributed by atoms with Gasteiger partial charge in [0.05, 0.1) is 17.5 Å². The number of amides is 1. The van der Waals surface area contributed by atoms with Gasteiger partial charge < -0.3 is 10.1 Å². The van der Waals surface area contributed by atoms with E-state index in [-0.39, 0.29) is 16.6 Å². The predicted octanol–water partition coefficient (Wildman–Crippen LogP) is 2.94. The summed E-state index contributed by atoms with van der Waals surface area (Å²) in [4.78, 5) is 24.5. The molecule has 7 nitrogen and oxygen atoms in total. The van der Waals surface area contributed by atoms with Crippen LogP contribution in [0.3, 0.4) is 0 Å². The minimum Gasteiger partial charge on any atom is -0.452 e. The molecule has 1 saturated carbocycles. The summed E-state index contributed by atoms with van der Waals surface area (Å²) in [6.45, 7) is 2.68. The molecule has 0 unspecified atom stereocenters. The van der Waals surface area contributed by atoms with Crippen molar-refractivity contribution >= 4 is 23.5 Å². The number of benzene rings is 1. The van der Waals surface area contributed by atoms with Crippen molar-refractivity contribution in [3.05, 3.63) is 46.5 Å². The fraction of sp³-hybridized carbons (Fsp3) is 0.368. The molecule has 9 heteroatoms. The second kappa shape index (κ2) is 7.60. The van der Waals surface area contributed by atoms with Gasteiger partial charge in [-0.3, -0.25) is 4.79 Å². The minimum atomic E-state index is -0.968. The molecule has 146 valence electrons. The van der Waals surface area contributed by atoms with Crippen LogP contribution in [0, 0.1) is 30.0 Å². The van der Waals surface area contributed by atoms with Crippen molar-refractivity contribution in [3.63, 3.8) is 0 Å². The van der Waals surface area contributed by atoms with E-state index in [4.69, 9.17) is 16.3 Å². The number of rotatable bonds is 6. The molecule has 3 rings (SSSR count). The van der Waals surface area contributed by atoms with E-state index < -0.39 is 29.8 Å². The summed E-state index contributed by atoms with van der Waals surface area (Å²) in [5, 5.41) is 16.1. The number of aromatic nitrogens is 2. The first kappa shape index (κ1) is 19.8. The summed E-state index contributed by atoms with van der Waals surface area (Å²) >= 11 is 6.26. The number of nitrogens with zero attached hydrogens (tertiary/aromatic N) is 3. The molecular weight excluding hydrogens is 387 g/mol. The molecule has 28 heavy (non-hydrogen) atoms. The summed E-state index contributed by atoms with van der Waals surface area (Å²) in [6, 6.07) is 7.53. The van der Waals surface area contributed by atoms with Gasteiger partial charge in [0.25, 0.3) is 5.91 Å². The lowest BCUT2D eigenvalue weighted by Gasteiger charge is -2.22. The Morgan fingerprint density at radius 2 is 2.07 bits per heavy atom. The predicted molar refractivity (Wildman–Crippen MR) is 98.4 cm³/mol. The van der Waals surface area contributed by atoms with Crippen molar-refractivity contribution in [2.24, 2.45) is 5.92 Å². The quantitative estimate of drug-likeness (QED) is 0.746. The molecule has 1 aliphatic rings. The molecule has 0 aliphatic heterocycles. The Bertz CT molecular complexity index is 963. The van der Waals surface area contributed by atoms with Crippen LogP contribution in [0.15, 0.2) is 24.3 Å². The van der Waals surface area contributed by atoms with Crippen molar-refractivity contribution in [3.8, 4) is 11.8 Å². The van der Waals surface area contributed by atoms with E-state index in [1.807, 2.05) is 0 Å². The fourth-order valence-electron chi connectivity index (χ4n) is 2.90. The van der Waals surface area contributed by atoms with Crippen LogP contribution >= 0.6 is 11.6 Å². The molecule has 2 aromatic rings. The number of nitriles is 1. The molecule has 1 N–H and O–H groups in total. The lowest BCUT2D eigenvalue weighted by atomic mass is 9.98. The Morgan fingerprint density at radius 1 is 1.43 bits per heavy atom. The van der Waals surface area contributed by atoms with E-state index >= 15 is 0 Å². The Balaban J connectivity index is 1.68. The highest BCUT2D eigenvalue weighted by Crippen LogP contribution is 2.39. The maximum atomic E-state index is 13.1. The van der Waals surface area contributed by atoms with Crippen LogP contribution in [-0.4, -0.2) is 33.8 Å². The van der Waals surface area contributed by atoms with Gasteiger partial charge in [-0.25, -0.2) is 13.9 Å². The van der Waals surface area contributed by atoms with Gasteiger partial charge in [0, 0.05) is 0 Å². The number of aryl methyl sites for hydroxylation is 1. The van der Waals surface area contributed by atoms with E-state index in [9.17, 15) is 19.2 Å². The maximum absolute atomic E-state index is 13.1. The van der Waals surface area contributed by atoms with Crippen molar-refractivity contribution in [2.45, 2.75) is 32.2 Å². The first-order chi connectivity index (χ1) is 13.2. The SMILES string of the molecule is Cc1nn(-c2ccc(F)cc2)c(Cl)c1C(=O)OCC(=O)N[C@@](C)(C#N)C1CC1. The molecule has 1 aliphatic carbocycles. The summed E-state index contributed by atoms with van der Waals surface area (Å²) in [7, 11) is 0. The number of ether oxygens (including phenoxy) is 1. The van der Waals surface area contributed by atoms with Crippen molar-refractivity contribution in [1.82, 2.24) is 15.1 Å². The smallest absolute Gasteiger partial charge is 0.343 e. The normalized spacial score (nSPS) is 15.4. The number of hydrogen-bond donors (Lipinski definition) is 1. The van der Waals surface area contributed by atoms with Crippen molar-refractivity contribution in [1.29, 1.82) is 5.26 Å². The molecule has 0 radical (unpaired) electrons. The zero-order valence-electron chi connectivity index (χ0n) is 15.3. The number of carbonyl (C=O) groups excluding carboxylic acids is 2. The van der Waals surface area contributed by atoms with Crippen molar-refractivity contribution in [2.75, 3.05) is 6.61 Å². The van der Waals surface area contributed by atoms with Crippen LogP contribution in [0.1, 0.15) is 35.8 Å². The largest absolute Gasteiger partial charge is 0.452 e. The van der Waals surface area contributed by atoms with Crippen LogP contribution in [0.25, 0.3) is 5.69 Å². The molecule has 1 aromatic heterocycles. The van der Waals surface area contributed by atoms with Gasteiger partial charge in [0.15, 0.2) is 6.61 Å². The van der Waals surface area contributed by atoms with E-state index in [0.29, 0.717) is 11.4 Å². The van der Waals surface area contributed by atoms with E-state index in [1.54, 1.807) is 13.8 Å². The van der Waals surface area contributed by atoms with E-state index in [2.05, 4.69) is 16.5 Å². The lowest BCUT2D eigenvalue weighted by Crippen LogP contribution is -2.48. The molecule has 1 fully saturated rings. The van der Waals surface area contributed by atoms with Gasteiger partial charge in [0.1, 0.15) is 22.1 Å². The van der Waals surface area contributed by atoms with Gasteiger partial charge in [-0.1, -0.05) is 11.6 Å². The highest BCUT2D eigenvalue weighted by molar-refractivity contribution is 6.33. The monoisotopic (exact) mass is 404 g/mol. The standard InChI is InChI=1S/C19H18ClFN4O3/c1-11-16(17(20)25(24-11)14-7-5-13(21)6-8-14)18(27)28-9-15(26)23-19(2,10-22)12-3-4-12/h5-8,12H,3-4,9H2,1-2H3,(H,23,26)/t19-/m0/s1. The van der Waals surface area contributed by atoms with Gasteiger partial charge in [-0.15, -0.1) is 0 Å². The first-order valence-corrected chi connectivity index (χ1v) is 9.03. The average molecular weight is 405 g/mol. The third-order valence-electron chi connectivity index (χ3n) is 4.64. The zero-order chi connectivity index (χ0) is 20.5. The van der Waals surface area contributed by atoms with Crippen LogP contribution < -0.4 is 5.32 Å². The fourth-order valence-corrected chi connectivity index (χ4v) is 3.24. The minimum absolute atomic E-state index is 0.00522. The van der Waals surface area contributed by atoms with Crippen LogP contribution in [0.4, 0.5) is 4.39 Å². The molecule has 1 heterocycles. The third kappa shape index (κ3) is 3.99. The number of carbonyl (C=O) groups is 2. The average Bonchev–Trinajstić information content (AvgIpc) is 3.47. The molecule has 1 aromatic carbocycles. The first-order valence-electron chi connectivity index (χ1n) is 8.65. The van der Waals surface area contributed by atoms with Crippen molar-refractivity contribution < 1.29 is 18.7 Å². The summed E-state index contributed by atoms with van der Waals surface area (Å²) in [5.41, 5.74) is -0.172. The maximum Gasteiger partial charge on any atom is 0.343 e.